The molecule has 0 spiro atoms. The Morgan fingerprint density at radius 3 is 2.36 bits per heavy atom. The molecule has 0 bridgehead atoms. The van der Waals surface area contributed by atoms with Crippen molar-refractivity contribution in [3.63, 3.8) is 0 Å². The maximum absolute atomic E-state index is 13.6. The fraction of sp³-hybridized carbons (Fsp3) is 0.636. The molecule has 2 fully saturated rings. The van der Waals surface area contributed by atoms with Crippen LogP contribution in [0.4, 0.5) is 5.69 Å². The average molecular weight is 498 g/mol. The summed E-state index contributed by atoms with van der Waals surface area (Å²) < 4.78 is 33.7. The number of methoxy groups -OCH3 is 1. The lowest BCUT2D eigenvalue weighted by Gasteiger charge is -2.33. The van der Waals surface area contributed by atoms with E-state index < -0.39 is 15.9 Å². The van der Waals surface area contributed by atoms with Gasteiger partial charge in [-0.1, -0.05) is 6.42 Å². The minimum atomic E-state index is -3.71. The summed E-state index contributed by atoms with van der Waals surface area (Å²) in [6.45, 7) is 3.89. The minimum Gasteiger partial charge on any atom is -0.385 e. The Bertz CT molecular complexity index is 913. The Kier molecular flexibility index (Phi) is 9.72. The number of carbonyl (C=O) groups excluding carboxylic acids is 1. The molecular formula is C22H35N5O4S2. The van der Waals surface area contributed by atoms with Crippen molar-refractivity contribution in [2.45, 2.75) is 49.8 Å². The first kappa shape index (κ1) is 25.7. The number of nitrogens with zero attached hydrogens (tertiary/aromatic N) is 2. The second kappa shape index (κ2) is 12.5. The molecule has 184 valence electrons. The molecule has 0 aliphatic carbocycles. The molecule has 33 heavy (non-hydrogen) atoms. The van der Waals surface area contributed by atoms with Crippen molar-refractivity contribution in [1.29, 1.82) is 0 Å². The molecule has 1 aromatic rings. The number of nitrogens with one attached hydrogen (secondary N) is 3. The number of anilines is 1. The Labute approximate surface area is 202 Å². The van der Waals surface area contributed by atoms with Crippen LogP contribution in [0, 0.1) is 0 Å². The van der Waals surface area contributed by atoms with Crippen LogP contribution < -0.4 is 21.1 Å². The second-order valence-corrected chi connectivity index (χ2v) is 10.7. The van der Waals surface area contributed by atoms with Crippen LogP contribution in [0.25, 0.3) is 0 Å². The third kappa shape index (κ3) is 7.02. The van der Waals surface area contributed by atoms with Gasteiger partial charge in [0.25, 0.3) is 5.91 Å². The number of ether oxygens (including phenoxy) is 1. The summed E-state index contributed by atoms with van der Waals surface area (Å²) in [7, 11) is -2.07. The lowest BCUT2D eigenvalue weighted by Crippen LogP contribution is -2.47. The second-order valence-electron chi connectivity index (χ2n) is 8.38. The molecule has 0 atom stereocenters. The summed E-state index contributed by atoms with van der Waals surface area (Å²) in [5, 5.41) is 3.25. The number of hydrogen-bond donors (Lipinski definition) is 3. The van der Waals surface area contributed by atoms with Gasteiger partial charge in [-0.2, -0.15) is 4.31 Å². The average Bonchev–Trinajstić information content (AvgIpc) is 2.86. The van der Waals surface area contributed by atoms with Gasteiger partial charge in [-0.3, -0.25) is 15.6 Å². The van der Waals surface area contributed by atoms with E-state index in [0.29, 0.717) is 31.9 Å². The molecule has 0 radical (unpaired) electrons. The number of sulfonamides is 1. The number of benzene rings is 1. The van der Waals surface area contributed by atoms with Crippen molar-refractivity contribution >= 4 is 38.9 Å². The highest BCUT2D eigenvalue weighted by Gasteiger charge is 2.31. The van der Waals surface area contributed by atoms with E-state index in [2.05, 4.69) is 21.1 Å². The van der Waals surface area contributed by atoms with E-state index in [9.17, 15) is 13.2 Å². The highest BCUT2D eigenvalue weighted by Crippen LogP contribution is 2.32. The van der Waals surface area contributed by atoms with Crippen LogP contribution in [0.15, 0.2) is 23.1 Å². The summed E-state index contributed by atoms with van der Waals surface area (Å²) in [6, 6.07) is 4.93. The molecule has 2 heterocycles. The van der Waals surface area contributed by atoms with Crippen LogP contribution in [-0.2, 0) is 14.8 Å². The molecule has 0 unspecified atom stereocenters. The van der Waals surface area contributed by atoms with E-state index in [0.717, 1.165) is 58.0 Å². The summed E-state index contributed by atoms with van der Waals surface area (Å²) in [5.41, 5.74) is 6.16. The Morgan fingerprint density at radius 2 is 1.70 bits per heavy atom. The van der Waals surface area contributed by atoms with Gasteiger partial charge in [0.15, 0.2) is 5.11 Å². The maximum atomic E-state index is 13.6. The zero-order chi connectivity index (χ0) is 23.7. The van der Waals surface area contributed by atoms with Crippen LogP contribution >= 0.6 is 12.2 Å². The Morgan fingerprint density at radius 1 is 1.03 bits per heavy atom. The fourth-order valence-electron chi connectivity index (χ4n) is 4.15. The van der Waals surface area contributed by atoms with Crippen LogP contribution in [-0.4, -0.2) is 70.2 Å². The van der Waals surface area contributed by atoms with Gasteiger partial charge in [0, 0.05) is 52.0 Å². The van der Waals surface area contributed by atoms with Gasteiger partial charge < -0.3 is 15.0 Å². The normalized spacial score (nSPS) is 17.4. The largest absolute Gasteiger partial charge is 0.385 e. The van der Waals surface area contributed by atoms with Gasteiger partial charge >= 0.3 is 0 Å². The molecule has 3 rings (SSSR count). The number of thiocarbonyl (C=S) groups is 1. The quantitative estimate of drug-likeness (QED) is 0.285. The molecule has 3 N–H and O–H groups in total. The number of piperidine rings is 2. The lowest BCUT2D eigenvalue weighted by atomic mass is 10.1. The first-order chi connectivity index (χ1) is 15.9. The smallest absolute Gasteiger partial charge is 0.269 e. The molecule has 1 amide bonds. The van der Waals surface area contributed by atoms with Crippen molar-refractivity contribution in [3.8, 4) is 0 Å². The van der Waals surface area contributed by atoms with E-state index in [1.165, 1.54) is 6.07 Å². The van der Waals surface area contributed by atoms with Crippen molar-refractivity contribution in [1.82, 2.24) is 20.5 Å². The molecule has 2 aliphatic heterocycles. The number of amides is 1. The fourth-order valence-corrected chi connectivity index (χ4v) is 6.06. The third-order valence-electron chi connectivity index (χ3n) is 5.95. The highest BCUT2D eigenvalue weighted by molar-refractivity contribution is 7.89. The standard InChI is InChI=1S/C22H35N5O4S2/c1-31-16-8-11-23-22(32)25-24-21(28)18-9-10-19(26-12-4-2-5-13-26)20(17-18)33(29,30)27-14-6-3-7-15-27/h9-10,17H,2-8,11-16H2,1H3,(H,24,28)(H2,23,25,32). The topological polar surface area (TPSA) is 103 Å². The number of rotatable bonds is 8. The molecule has 0 aromatic heterocycles. The molecule has 2 saturated heterocycles. The van der Waals surface area contributed by atoms with Crippen molar-refractivity contribution in [2.75, 3.05) is 51.3 Å². The van der Waals surface area contributed by atoms with Crippen molar-refractivity contribution < 1.29 is 17.9 Å². The van der Waals surface area contributed by atoms with E-state index >= 15 is 0 Å². The summed E-state index contributed by atoms with van der Waals surface area (Å²) in [6.07, 6.45) is 6.75. The highest BCUT2D eigenvalue weighted by atomic mass is 32.2. The summed E-state index contributed by atoms with van der Waals surface area (Å²) in [4.78, 5) is 15.1. The lowest BCUT2D eigenvalue weighted by molar-refractivity contribution is 0.0943. The molecule has 1 aromatic carbocycles. The number of hydrogen-bond acceptors (Lipinski definition) is 6. The predicted molar refractivity (Wildman–Crippen MR) is 133 cm³/mol. The number of carbonyl (C=O) groups is 1. The van der Waals surface area contributed by atoms with E-state index in [4.69, 9.17) is 17.0 Å². The number of hydrazine groups is 1. The zero-order valence-corrected chi connectivity index (χ0v) is 20.9. The minimum absolute atomic E-state index is 0.208. The van der Waals surface area contributed by atoms with Gasteiger partial charge in [-0.25, -0.2) is 8.42 Å². The third-order valence-corrected chi connectivity index (χ3v) is 8.13. The van der Waals surface area contributed by atoms with Crippen molar-refractivity contribution in [3.05, 3.63) is 23.8 Å². The first-order valence-corrected chi connectivity index (χ1v) is 13.5. The molecule has 0 saturated carbocycles. The zero-order valence-electron chi connectivity index (χ0n) is 19.3. The molecular weight excluding hydrogens is 462 g/mol. The van der Waals surface area contributed by atoms with E-state index in [1.54, 1.807) is 23.5 Å². The SMILES string of the molecule is COCCCNC(=S)NNC(=O)c1ccc(N2CCCCC2)c(S(=O)(=O)N2CCCCC2)c1. The van der Waals surface area contributed by atoms with Crippen LogP contribution in [0.1, 0.15) is 55.3 Å². The predicted octanol–water partition coefficient (Wildman–Crippen LogP) is 2.00. The summed E-state index contributed by atoms with van der Waals surface area (Å²) in [5.74, 6) is -0.448. The Hall–Kier alpha value is -1.95. The van der Waals surface area contributed by atoms with Gasteiger partial charge in [0.1, 0.15) is 4.90 Å². The molecule has 11 heteroatoms. The van der Waals surface area contributed by atoms with Crippen LogP contribution in [0.2, 0.25) is 0 Å². The first-order valence-electron chi connectivity index (χ1n) is 11.7. The van der Waals surface area contributed by atoms with E-state index in [-0.39, 0.29) is 15.6 Å². The molecule has 9 nitrogen and oxygen atoms in total. The van der Waals surface area contributed by atoms with Crippen molar-refractivity contribution in [2.24, 2.45) is 0 Å². The maximum Gasteiger partial charge on any atom is 0.269 e. The molecule has 2 aliphatic rings. The van der Waals surface area contributed by atoms with Gasteiger partial charge in [-0.15, -0.1) is 0 Å². The van der Waals surface area contributed by atoms with Gasteiger partial charge in [-0.05, 0) is 68.9 Å². The summed E-state index contributed by atoms with van der Waals surface area (Å²) >= 11 is 5.16. The Balaban J connectivity index is 1.77. The van der Waals surface area contributed by atoms with E-state index in [1.807, 2.05) is 0 Å². The van der Waals surface area contributed by atoms with Gasteiger partial charge in [0.05, 0.1) is 5.69 Å². The van der Waals surface area contributed by atoms with Crippen LogP contribution in [0.3, 0.4) is 0 Å². The monoisotopic (exact) mass is 497 g/mol. The van der Waals surface area contributed by atoms with Crippen LogP contribution in [0.5, 0.6) is 0 Å². The van der Waals surface area contributed by atoms with Gasteiger partial charge in [0.2, 0.25) is 10.0 Å².